The van der Waals surface area contributed by atoms with Crippen molar-refractivity contribution in [2.24, 2.45) is 0 Å². The van der Waals surface area contributed by atoms with Crippen LogP contribution in [0, 0.1) is 0 Å². The van der Waals surface area contributed by atoms with Crippen LogP contribution in [0.1, 0.15) is 15.9 Å². The lowest BCUT2D eigenvalue weighted by molar-refractivity contribution is 0.103. The van der Waals surface area contributed by atoms with E-state index >= 15 is 0 Å². The number of carbonyl (C=O) groups is 1. The van der Waals surface area contributed by atoms with Gasteiger partial charge < -0.3 is 0 Å². The van der Waals surface area contributed by atoms with Crippen LogP contribution in [0.5, 0.6) is 0 Å². The number of aromatic nitrogens is 1. The van der Waals surface area contributed by atoms with Gasteiger partial charge in [0.2, 0.25) is 0 Å². The van der Waals surface area contributed by atoms with E-state index in [0.717, 1.165) is 4.60 Å². The molecule has 0 spiro atoms. The van der Waals surface area contributed by atoms with E-state index in [9.17, 15) is 4.79 Å². The van der Waals surface area contributed by atoms with Gasteiger partial charge in [0.25, 0.3) is 0 Å². The number of nitrogens with zero attached hydrogens (tertiary/aromatic N) is 1. The molecule has 0 amide bonds. The SMILES string of the molecule is O=C(c1ccccc1)c1ccc(Br)nc1. The molecule has 0 aliphatic carbocycles. The Morgan fingerprint density at radius 2 is 1.73 bits per heavy atom. The third kappa shape index (κ3) is 2.30. The maximum Gasteiger partial charge on any atom is 0.194 e. The molecule has 1 aromatic carbocycles. The predicted molar refractivity (Wildman–Crippen MR) is 61.8 cm³/mol. The van der Waals surface area contributed by atoms with E-state index in [2.05, 4.69) is 20.9 Å². The van der Waals surface area contributed by atoms with Gasteiger partial charge in [-0.15, -0.1) is 0 Å². The number of carbonyl (C=O) groups excluding carboxylic acids is 1. The summed E-state index contributed by atoms with van der Waals surface area (Å²) in [7, 11) is 0. The van der Waals surface area contributed by atoms with Gasteiger partial charge in [-0.2, -0.15) is 0 Å². The first-order valence-corrected chi connectivity index (χ1v) is 5.28. The molecule has 1 heterocycles. The minimum Gasteiger partial charge on any atom is -0.289 e. The van der Waals surface area contributed by atoms with Gasteiger partial charge in [-0.1, -0.05) is 30.3 Å². The van der Waals surface area contributed by atoms with Crippen LogP contribution in [0.4, 0.5) is 0 Å². The van der Waals surface area contributed by atoms with Gasteiger partial charge in [0.15, 0.2) is 5.78 Å². The Hall–Kier alpha value is -1.48. The smallest absolute Gasteiger partial charge is 0.194 e. The highest BCUT2D eigenvalue weighted by atomic mass is 79.9. The first-order valence-electron chi connectivity index (χ1n) is 4.48. The maximum absolute atomic E-state index is 11.9. The Kier molecular flexibility index (Phi) is 2.92. The van der Waals surface area contributed by atoms with E-state index in [1.54, 1.807) is 30.5 Å². The molecule has 2 aromatic rings. The molecule has 0 saturated heterocycles. The molecule has 15 heavy (non-hydrogen) atoms. The zero-order valence-corrected chi connectivity index (χ0v) is 9.44. The minimum atomic E-state index is -0.00407. The first kappa shape index (κ1) is 10.1. The van der Waals surface area contributed by atoms with Gasteiger partial charge in [-0.25, -0.2) is 4.98 Å². The molecule has 2 nitrogen and oxygen atoms in total. The highest BCUT2D eigenvalue weighted by molar-refractivity contribution is 9.10. The Bertz CT molecular complexity index is 465. The number of hydrogen-bond acceptors (Lipinski definition) is 2. The zero-order chi connectivity index (χ0) is 10.7. The Labute approximate surface area is 96.1 Å². The van der Waals surface area contributed by atoms with E-state index in [4.69, 9.17) is 0 Å². The topological polar surface area (TPSA) is 30.0 Å². The van der Waals surface area contributed by atoms with Crippen LogP contribution in [0.15, 0.2) is 53.3 Å². The summed E-state index contributed by atoms with van der Waals surface area (Å²) in [5, 5.41) is 0. The zero-order valence-electron chi connectivity index (χ0n) is 7.85. The van der Waals surface area contributed by atoms with Crippen LogP contribution in [0.25, 0.3) is 0 Å². The standard InChI is InChI=1S/C12H8BrNO/c13-11-7-6-10(8-14-11)12(15)9-4-2-1-3-5-9/h1-8H. The molecule has 0 N–H and O–H groups in total. The Balaban J connectivity index is 2.33. The molecule has 74 valence electrons. The molecule has 0 fully saturated rings. The summed E-state index contributed by atoms with van der Waals surface area (Å²) in [4.78, 5) is 15.9. The molecule has 0 unspecified atom stereocenters. The lowest BCUT2D eigenvalue weighted by Gasteiger charge is -1.99. The monoisotopic (exact) mass is 261 g/mol. The molecule has 3 heteroatoms. The number of halogens is 1. The molecule has 0 saturated carbocycles. The van der Waals surface area contributed by atoms with Gasteiger partial charge in [0.05, 0.1) is 0 Å². The fraction of sp³-hybridized carbons (Fsp3) is 0. The molecule has 1 aromatic heterocycles. The second-order valence-corrected chi connectivity index (χ2v) is 3.88. The van der Waals surface area contributed by atoms with Gasteiger partial charge in [0, 0.05) is 17.3 Å². The molecular weight excluding hydrogens is 254 g/mol. The van der Waals surface area contributed by atoms with Gasteiger partial charge in [-0.3, -0.25) is 4.79 Å². The van der Waals surface area contributed by atoms with Crippen molar-refractivity contribution in [2.75, 3.05) is 0 Å². The minimum absolute atomic E-state index is 0.00407. The number of benzene rings is 1. The van der Waals surface area contributed by atoms with Crippen molar-refractivity contribution in [1.29, 1.82) is 0 Å². The lowest BCUT2D eigenvalue weighted by atomic mass is 10.1. The van der Waals surface area contributed by atoms with Gasteiger partial charge in [0.1, 0.15) is 4.60 Å². The summed E-state index contributed by atoms with van der Waals surface area (Å²) >= 11 is 3.23. The van der Waals surface area contributed by atoms with Crippen molar-refractivity contribution in [3.05, 3.63) is 64.4 Å². The van der Waals surface area contributed by atoms with Crippen LogP contribution >= 0.6 is 15.9 Å². The average molecular weight is 262 g/mol. The molecule has 0 atom stereocenters. The largest absolute Gasteiger partial charge is 0.289 e. The van der Waals surface area contributed by atoms with E-state index in [0.29, 0.717) is 11.1 Å². The summed E-state index contributed by atoms with van der Waals surface area (Å²) in [6, 6.07) is 12.7. The van der Waals surface area contributed by atoms with Gasteiger partial charge in [-0.05, 0) is 28.1 Å². The van der Waals surface area contributed by atoms with E-state index in [1.807, 2.05) is 18.2 Å². The van der Waals surface area contributed by atoms with Crippen molar-refractivity contribution < 1.29 is 4.79 Å². The number of pyridine rings is 1. The van der Waals surface area contributed by atoms with Crippen LogP contribution in [-0.4, -0.2) is 10.8 Å². The lowest BCUT2D eigenvalue weighted by Crippen LogP contribution is -2.01. The van der Waals surface area contributed by atoms with Crippen LogP contribution in [0.3, 0.4) is 0 Å². The fourth-order valence-electron chi connectivity index (χ4n) is 1.27. The molecule has 0 radical (unpaired) electrons. The summed E-state index contributed by atoms with van der Waals surface area (Å²) in [5.74, 6) is -0.00407. The molecule has 0 aliphatic heterocycles. The molecule has 0 aliphatic rings. The van der Waals surface area contributed by atoms with Gasteiger partial charge >= 0.3 is 0 Å². The van der Waals surface area contributed by atoms with Crippen molar-refractivity contribution in [3.8, 4) is 0 Å². The highest BCUT2D eigenvalue weighted by Crippen LogP contribution is 2.11. The number of hydrogen-bond donors (Lipinski definition) is 0. The second kappa shape index (κ2) is 4.36. The molecule has 2 rings (SSSR count). The molecular formula is C12H8BrNO. The van der Waals surface area contributed by atoms with E-state index in [1.165, 1.54) is 0 Å². The van der Waals surface area contributed by atoms with E-state index < -0.39 is 0 Å². The predicted octanol–water partition coefficient (Wildman–Crippen LogP) is 3.08. The normalized spacial score (nSPS) is 9.93. The second-order valence-electron chi connectivity index (χ2n) is 3.06. The average Bonchev–Trinajstić information content (AvgIpc) is 2.30. The van der Waals surface area contributed by atoms with E-state index in [-0.39, 0.29) is 5.78 Å². The number of ketones is 1. The van der Waals surface area contributed by atoms with Crippen LogP contribution in [-0.2, 0) is 0 Å². The van der Waals surface area contributed by atoms with Crippen molar-refractivity contribution in [1.82, 2.24) is 4.98 Å². The van der Waals surface area contributed by atoms with Crippen LogP contribution in [0.2, 0.25) is 0 Å². The summed E-state index contributed by atoms with van der Waals surface area (Å²) in [6.45, 7) is 0. The Morgan fingerprint density at radius 3 is 2.33 bits per heavy atom. The van der Waals surface area contributed by atoms with Crippen molar-refractivity contribution in [3.63, 3.8) is 0 Å². The summed E-state index contributed by atoms with van der Waals surface area (Å²) in [5.41, 5.74) is 1.28. The maximum atomic E-state index is 11.9. The third-order valence-corrected chi connectivity index (χ3v) is 2.49. The summed E-state index contributed by atoms with van der Waals surface area (Å²) < 4.78 is 0.729. The third-order valence-electron chi connectivity index (χ3n) is 2.03. The molecule has 0 bridgehead atoms. The van der Waals surface area contributed by atoms with Crippen LogP contribution < -0.4 is 0 Å². The van der Waals surface area contributed by atoms with Crippen molar-refractivity contribution in [2.45, 2.75) is 0 Å². The van der Waals surface area contributed by atoms with Crippen molar-refractivity contribution >= 4 is 21.7 Å². The summed E-state index contributed by atoms with van der Waals surface area (Å²) in [6.07, 6.45) is 1.57. The highest BCUT2D eigenvalue weighted by Gasteiger charge is 2.07. The Morgan fingerprint density at radius 1 is 1.00 bits per heavy atom. The fourth-order valence-corrected chi connectivity index (χ4v) is 1.50. The first-order chi connectivity index (χ1) is 7.27. The number of rotatable bonds is 2. The quantitative estimate of drug-likeness (QED) is 0.615.